The van der Waals surface area contributed by atoms with Gasteiger partial charge in [0.25, 0.3) is 4.87 Å². The summed E-state index contributed by atoms with van der Waals surface area (Å²) in [7, 11) is -4.40. The molecule has 3 N–H and O–H groups in total. The van der Waals surface area contributed by atoms with Crippen molar-refractivity contribution in [1.29, 1.82) is 0 Å². The number of carbonyl (C=O) groups excluding carboxylic acids is 1. The largest absolute Gasteiger partial charge is 0.479 e. The maximum Gasteiger partial charge on any atom is 0.347 e. The summed E-state index contributed by atoms with van der Waals surface area (Å²) in [5, 5.41) is 9.78. The third-order valence-electron chi connectivity index (χ3n) is 4.10. The van der Waals surface area contributed by atoms with E-state index >= 15 is 0 Å². The van der Waals surface area contributed by atoms with E-state index in [9.17, 15) is 23.1 Å². The molecular formula is C15H20N2NaO5S. The number of nitrogens with two attached hydrogens (primary N) is 1. The first-order valence-corrected chi connectivity index (χ1v) is 8.75. The van der Waals surface area contributed by atoms with Crippen LogP contribution in [0.5, 0.6) is 0 Å². The van der Waals surface area contributed by atoms with Gasteiger partial charge in [0.2, 0.25) is 15.7 Å². The number of benzene rings is 1. The number of carboxylic acid groups (broad SMARTS) is 1. The number of likely N-dealkylation sites (tertiary alicyclic amines) is 1. The molecule has 1 aromatic rings. The maximum atomic E-state index is 13.1. The molecule has 1 aliphatic heterocycles. The summed E-state index contributed by atoms with van der Waals surface area (Å²) in [6, 6.07) is 6.03. The Kier molecular flexibility index (Phi) is 6.62. The van der Waals surface area contributed by atoms with Crippen molar-refractivity contribution >= 4 is 51.3 Å². The number of hydrogen-bond donors (Lipinski definition) is 2. The van der Waals surface area contributed by atoms with E-state index in [1.807, 2.05) is 0 Å². The van der Waals surface area contributed by atoms with Gasteiger partial charge in [0.1, 0.15) is 0 Å². The number of amides is 1. The van der Waals surface area contributed by atoms with E-state index in [1.54, 1.807) is 19.9 Å². The third-order valence-corrected chi connectivity index (χ3v) is 6.51. The van der Waals surface area contributed by atoms with Gasteiger partial charge >= 0.3 is 5.97 Å². The Balaban J connectivity index is 0.00000288. The second-order valence-corrected chi connectivity index (χ2v) is 7.96. The predicted molar refractivity (Wildman–Crippen MR) is 88.9 cm³/mol. The monoisotopic (exact) mass is 363 g/mol. The van der Waals surface area contributed by atoms with Gasteiger partial charge in [-0.15, -0.1) is 0 Å². The van der Waals surface area contributed by atoms with Gasteiger partial charge < -0.3 is 15.7 Å². The van der Waals surface area contributed by atoms with E-state index in [4.69, 9.17) is 5.73 Å². The molecule has 1 unspecified atom stereocenters. The SMILES string of the molecule is CC(C)C(=O)N1CCC(N)[C@]1(C(=O)O)S(=O)(=O)c1ccccc1.[Na]. The van der Waals surface area contributed by atoms with Crippen LogP contribution in [0.1, 0.15) is 20.3 Å². The summed E-state index contributed by atoms with van der Waals surface area (Å²) in [5.74, 6) is -2.70. The minimum absolute atomic E-state index is 0. The molecule has 2 rings (SSSR count). The topological polar surface area (TPSA) is 118 Å². The molecule has 0 aromatic heterocycles. The molecule has 1 radical (unpaired) electrons. The van der Waals surface area contributed by atoms with Crippen LogP contribution in [0.2, 0.25) is 0 Å². The second kappa shape index (κ2) is 7.53. The molecule has 2 atom stereocenters. The molecule has 0 saturated carbocycles. The molecule has 1 aromatic carbocycles. The smallest absolute Gasteiger partial charge is 0.347 e. The van der Waals surface area contributed by atoms with Gasteiger partial charge in [-0.1, -0.05) is 32.0 Å². The zero-order valence-corrected chi connectivity index (χ0v) is 16.8. The van der Waals surface area contributed by atoms with E-state index < -0.39 is 38.5 Å². The standard InChI is InChI=1S/C15H20N2O5S.Na/c1-10(2)13(18)17-9-8-12(16)15(17,14(19)20)23(21,22)11-6-4-3-5-7-11;/h3-7,10,12H,8-9,16H2,1-2H3,(H,19,20);/t12?,15-;/m1./s1. The zero-order valence-electron chi connectivity index (χ0n) is 14.0. The third kappa shape index (κ3) is 3.01. The van der Waals surface area contributed by atoms with Crippen molar-refractivity contribution in [3.05, 3.63) is 30.3 Å². The van der Waals surface area contributed by atoms with Crippen LogP contribution in [-0.2, 0) is 19.4 Å². The molecule has 1 amide bonds. The quantitative estimate of drug-likeness (QED) is 0.731. The molecule has 1 saturated heterocycles. The van der Waals surface area contributed by atoms with Crippen molar-refractivity contribution in [2.24, 2.45) is 11.7 Å². The van der Waals surface area contributed by atoms with Gasteiger partial charge in [0.05, 0.1) is 10.9 Å². The van der Waals surface area contributed by atoms with Gasteiger partial charge in [0.15, 0.2) is 0 Å². The predicted octanol–water partition coefficient (Wildman–Crippen LogP) is 0.0760. The molecule has 1 aliphatic rings. The Morgan fingerprint density at radius 2 is 1.83 bits per heavy atom. The fraction of sp³-hybridized carbons (Fsp3) is 0.467. The average molecular weight is 363 g/mol. The van der Waals surface area contributed by atoms with Crippen LogP contribution in [0.3, 0.4) is 0 Å². The first-order valence-electron chi connectivity index (χ1n) is 7.27. The van der Waals surface area contributed by atoms with E-state index in [1.165, 1.54) is 24.3 Å². The van der Waals surface area contributed by atoms with Crippen LogP contribution >= 0.6 is 0 Å². The summed E-state index contributed by atoms with van der Waals surface area (Å²) in [5.41, 5.74) is 5.91. The number of hydrogen-bond acceptors (Lipinski definition) is 5. The van der Waals surface area contributed by atoms with E-state index in [-0.39, 0.29) is 47.4 Å². The molecule has 127 valence electrons. The van der Waals surface area contributed by atoms with Crippen LogP contribution in [0.25, 0.3) is 0 Å². The van der Waals surface area contributed by atoms with Crippen LogP contribution in [0.15, 0.2) is 35.2 Å². The summed E-state index contributed by atoms with van der Waals surface area (Å²) in [6.07, 6.45) is 0.108. The first kappa shape index (κ1) is 21.1. The van der Waals surface area contributed by atoms with Crippen molar-refractivity contribution in [3.8, 4) is 0 Å². The van der Waals surface area contributed by atoms with Gasteiger partial charge in [-0.05, 0) is 18.6 Å². The number of nitrogens with zero attached hydrogens (tertiary/aromatic N) is 1. The van der Waals surface area contributed by atoms with Crippen molar-refractivity contribution in [1.82, 2.24) is 4.90 Å². The van der Waals surface area contributed by atoms with E-state index in [0.29, 0.717) is 0 Å². The summed E-state index contributed by atoms with van der Waals surface area (Å²) < 4.78 is 26.2. The molecule has 1 fully saturated rings. The Bertz CT molecular complexity index is 723. The summed E-state index contributed by atoms with van der Waals surface area (Å²) in [4.78, 5) is 22.7. The summed E-state index contributed by atoms with van der Waals surface area (Å²) >= 11 is 0. The van der Waals surface area contributed by atoms with E-state index in [0.717, 1.165) is 4.90 Å². The van der Waals surface area contributed by atoms with Crippen LogP contribution < -0.4 is 5.73 Å². The number of carboxylic acids is 1. The van der Waals surface area contributed by atoms with Gasteiger partial charge in [-0.25, -0.2) is 13.2 Å². The molecule has 0 bridgehead atoms. The number of sulfone groups is 1. The molecule has 0 aliphatic carbocycles. The van der Waals surface area contributed by atoms with Crippen molar-refractivity contribution in [2.75, 3.05) is 6.54 Å². The van der Waals surface area contributed by atoms with Crippen molar-refractivity contribution in [3.63, 3.8) is 0 Å². The molecule has 0 spiro atoms. The van der Waals surface area contributed by atoms with Gasteiger partial charge in [0, 0.05) is 42.0 Å². The van der Waals surface area contributed by atoms with Gasteiger partial charge in [-0.3, -0.25) is 4.79 Å². The molecule has 9 heteroatoms. The van der Waals surface area contributed by atoms with Crippen molar-refractivity contribution in [2.45, 2.75) is 36.1 Å². The Hall–Kier alpha value is -0.930. The zero-order chi connectivity index (χ0) is 17.4. The Morgan fingerprint density at radius 1 is 1.29 bits per heavy atom. The second-order valence-electron chi connectivity index (χ2n) is 5.86. The minimum atomic E-state index is -4.40. The summed E-state index contributed by atoms with van der Waals surface area (Å²) in [6.45, 7) is 3.18. The minimum Gasteiger partial charge on any atom is -0.479 e. The first-order chi connectivity index (χ1) is 10.7. The normalized spacial score (nSPS) is 23.8. The molecule has 24 heavy (non-hydrogen) atoms. The molecule has 1 heterocycles. The fourth-order valence-corrected chi connectivity index (χ4v) is 5.02. The Morgan fingerprint density at radius 3 is 2.29 bits per heavy atom. The van der Waals surface area contributed by atoms with Gasteiger partial charge in [-0.2, -0.15) is 0 Å². The molecule has 7 nitrogen and oxygen atoms in total. The Labute approximate surface area is 163 Å². The van der Waals surface area contributed by atoms with Crippen LogP contribution in [0.4, 0.5) is 0 Å². The maximum absolute atomic E-state index is 13.1. The average Bonchev–Trinajstić information content (AvgIpc) is 2.86. The number of rotatable bonds is 4. The number of carbonyl (C=O) groups is 2. The van der Waals surface area contributed by atoms with Crippen LogP contribution in [-0.4, -0.2) is 77.3 Å². The fourth-order valence-electron chi connectivity index (χ4n) is 2.93. The van der Waals surface area contributed by atoms with Crippen LogP contribution in [0, 0.1) is 5.92 Å². The molecular weight excluding hydrogens is 343 g/mol. The van der Waals surface area contributed by atoms with Crippen molar-refractivity contribution < 1.29 is 23.1 Å². The number of aliphatic carboxylic acids is 1. The van der Waals surface area contributed by atoms with E-state index in [2.05, 4.69) is 0 Å².